The van der Waals surface area contributed by atoms with Crippen LogP contribution in [-0.4, -0.2) is 73.9 Å². The van der Waals surface area contributed by atoms with Gasteiger partial charge in [-0.25, -0.2) is 4.99 Å². The number of carbonyl (C=O) groups is 2. The average molecular weight is 451 g/mol. The number of hydrogen-bond donors (Lipinski definition) is 2. The molecule has 2 amide bonds. The molecule has 2 aliphatic rings. The van der Waals surface area contributed by atoms with Gasteiger partial charge in [-0.05, 0) is 19.3 Å². The quantitative estimate of drug-likeness (QED) is 0.339. The van der Waals surface area contributed by atoms with E-state index in [9.17, 15) is 9.59 Å². The summed E-state index contributed by atoms with van der Waals surface area (Å²) in [6.45, 7) is 4.57. The molecule has 1 unspecified atom stereocenters. The highest BCUT2D eigenvalue weighted by molar-refractivity contribution is 14.0. The topological polar surface area (TPSA) is 77.0 Å². The number of nitrogens with zero attached hydrogens (tertiary/aromatic N) is 3. The monoisotopic (exact) mass is 451 g/mol. The Kier molecular flexibility index (Phi) is 8.79. The SMILES string of the molecule is CCCNC(=NCC(=O)N(C)C)NCC1CC(=O)N(C2CC2)C1.I. The van der Waals surface area contributed by atoms with Crippen LogP contribution in [0.25, 0.3) is 0 Å². The van der Waals surface area contributed by atoms with Gasteiger partial charge in [-0.2, -0.15) is 0 Å². The summed E-state index contributed by atoms with van der Waals surface area (Å²) in [5.41, 5.74) is 0. The van der Waals surface area contributed by atoms with Gasteiger partial charge in [-0.15, -0.1) is 24.0 Å². The third-order valence-electron chi connectivity index (χ3n) is 4.20. The Balaban J connectivity index is 0.00000288. The normalized spacial score (nSPS) is 20.6. The van der Waals surface area contributed by atoms with Crippen LogP contribution >= 0.6 is 24.0 Å². The Bertz CT molecular complexity index is 465. The van der Waals surface area contributed by atoms with Crippen LogP contribution in [0.1, 0.15) is 32.6 Å². The minimum absolute atomic E-state index is 0. The van der Waals surface area contributed by atoms with Crippen LogP contribution in [0.4, 0.5) is 0 Å². The summed E-state index contributed by atoms with van der Waals surface area (Å²) in [5.74, 6) is 1.22. The summed E-state index contributed by atoms with van der Waals surface area (Å²) in [6.07, 6.45) is 3.91. The van der Waals surface area contributed by atoms with Crippen LogP contribution in [0.15, 0.2) is 4.99 Å². The number of aliphatic imine (C=N–C) groups is 1. The van der Waals surface area contributed by atoms with E-state index in [-0.39, 0.29) is 42.3 Å². The summed E-state index contributed by atoms with van der Waals surface area (Å²) >= 11 is 0. The van der Waals surface area contributed by atoms with E-state index in [4.69, 9.17) is 0 Å². The Morgan fingerprint density at radius 1 is 1.33 bits per heavy atom. The molecule has 0 aromatic rings. The van der Waals surface area contributed by atoms with Gasteiger partial charge in [0.05, 0.1) is 0 Å². The number of halogens is 1. The van der Waals surface area contributed by atoms with E-state index in [2.05, 4.69) is 22.5 Å². The van der Waals surface area contributed by atoms with Crippen molar-refractivity contribution in [1.29, 1.82) is 0 Å². The minimum Gasteiger partial charge on any atom is -0.356 e. The van der Waals surface area contributed by atoms with Gasteiger partial charge in [0.2, 0.25) is 11.8 Å². The molecule has 1 aliphatic carbocycles. The van der Waals surface area contributed by atoms with Crippen LogP contribution < -0.4 is 10.6 Å². The number of amides is 2. The van der Waals surface area contributed by atoms with Crippen LogP contribution in [0.3, 0.4) is 0 Å². The molecule has 1 heterocycles. The van der Waals surface area contributed by atoms with Crippen molar-refractivity contribution in [3.05, 3.63) is 0 Å². The zero-order valence-electron chi connectivity index (χ0n) is 14.9. The molecule has 138 valence electrons. The predicted molar refractivity (Wildman–Crippen MR) is 106 cm³/mol. The van der Waals surface area contributed by atoms with Crippen molar-refractivity contribution in [3.63, 3.8) is 0 Å². The second-order valence-electron chi connectivity index (χ2n) is 6.61. The number of guanidine groups is 1. The Labute approximate surface area is 161 Å². The third kappa shape index (κ3) is 6.45. The zero-order valence-corrected chi connectivity index (χ0v) is 17.2. The highest BCUT2D eigenvalue weighted by Crippen LogP contribution is 2.32. The van der Waals surface area contributed by atoms with E-state index in [1.165, 1.54) is 4.90 Å². The predicted octanol–water partition coefficient (Wildman–Crippen LogP) is 0.649. The number of rotatable bonds is 7. The molecular formula is C16H30IN5O2. The molecule has 1 atom stereocenters. The summed E-state index contributed by atoms with van der Waals surface area (Å²) in [5, 5.41) is 6.50. The number of hydrogen-bond acceptors (Lipinski definition) is 3. The summed E-state index contributed by atoms with van der Waals surface area (Å²) < 4.78 is 0. The van der Waals surface area contributed by atoms with Gasteiger partial charge in [0, 0.05) is 52.1 Å². The van der Waals surface area contributed by atoms with Gasteiger partial charge < -0.3 is 20.4 Å². The largest absolute Gasteiger partial charge is 0.356 e. The Hall–Kier alpha value is -1.06. The molecular weight excluding hydrogens is 421 g/mol. The van der Waals surface area contributed by atoms with Gasteiger partial charge in [0.25, 0.3) is 0 Å². The molecule has 24 heavy (non-hydrogen) atoms. The van der Waals surface area contributed by atoms with Crippen LogP contribution in [0.5, 0.6) is 0 Å². The fourth-order valence-electron chi connectivity index (χ4n) is 2.63. The highest BCUT2D eigenvalue weighted by atomic mass is 127. The molecule has 1 aliphatic heterocycles. The van der Waals surface area contributed by atoms with Gasteiger partial charge in [0.1, 0.15) is 6.54 Å². The van der Waals surface area contributed by atoms with Crippen LogP contribution in [-0.2, 0) is 9.59 Å². The molecule has 2 fully saturated rings. The number of nitrogens with one attached hydrogen (secondary N) is 2. The summed E-state index contributed by atoms with van der Waals surface area (Å²) in [7, 11) is 3.45. The molecule has 0 aromatic heterocycles. The van der Waals surface area contributed by atoms with Crippen LogP contribution in [0, 0.1) is 5.92 Å². The van der Waals surface area contributed by atoms with Gasteiger partial charge >= 0.3 is 0 Å². The second kappa shape index (κ2) is 10.0. The lowest BCUT2D eigenvalue weighted by Gasteiger charge is -2.17. The fraction of sp³-hybridized carbons (Fsp3) is 0.812. The molecule has 0 radical (unpaired) electrons. The van der Waals surface area contributed by atoms with Crippen molar-refractivity contribution in [2.24, 2.45) is 10.9 Å². The van der Waals surface area contributed by atoms with Crippen molar-refractivity contribution in [2.75, 3.05) is 40.3 Å². The molecule has 7 nitrogen and oxygen atoms in total. The molecule has 0 spiro atoms. The molecule has 1 saturated carbocycles. The molecule has 0 aromatic carbocycles. The van der Waals surface area contributed by atoms with Crippen LogP contribution in [0.2, 0.25) is 0 Å². The summed E-state index contributed by atoms with van der Waals surface area (Å²) in [4.78, 5) is 31.5. The maximum absolute atomic E-state index is 12.0. The first-order chi connectivity index (χ1) is 11.0. The fourth-order valence-corrected chi connectivity index (χ4v) is 2.63. The van der Waals surface area contributed by atoms with E-state index >= 15 is 0 Å². The first-order valence-electron chi connectivity index (χ1n) is 8.53. The first kappa shape index (κ1) is 21.0. The van der Waals surface area contributed by atoms with E-state index in [0.29, 0.717) is 30.9 Å². The first-order valence-corrected chi connectivity index (χ1v) is 8.53. The number of likely N-dealkylation sites (N-methyl/N-ethyl adjacent to an activating group) is 1. The van der Waals surface area contributed by atoms with E-state index in [0.717, 1.165) is 32.4 Å². The highest BCUT2D eigenvalue weighted by Gasteiger charge is 2.39. The van der Waals surface area contributed by atoms with E-state index in [1.807, 2.05) is 4.90 Å². The minimum atomic E-state index is -0.0291. The lowest BCUT2D eigenvalue weighted by Crippen LogP contribution is -2.41. The van der Waals surface area contributed by atoms with Gasteiger partial charge in [-0.3, -0.25) is 9.59 Å². The number of likely N-dealkylation sites (tertiary alicyclic amines) is 1. The van der Waals surface area contributed by atoms with Crippen molar-refractivity contribution < 1.29 is 9.59 Å². The molecule has 1 saturated heterocycles. The molecule has 8 heteroatoms. The van der Waals surface area contributed by atoms with Gasteiger partial charge in [0.15, 0.2) is 5.96 Å². The zero-order chi connectivity index (χ0) is 16.8. The van der Waals surface area contributed by atoms with E-state index in [1.54, 1.807) is 14.1 Å². The maximum Gasteiger partial charge on any atom is 0.243 e. The molecule has 2 rings (SSSR count). The smallest absolute Gasteiger partial charge is 0.243 e. The standard InChI is InChI=1S/C16H29N5O2.HI/c1-4-7-17-16(19-10-15(23)20(2)3)18-9-12-8-14(22)21(11-12)13-5-6-13;/h12-13H,4-11H2,1-3H3,(H2,17,18,19);1H. The molecule has 0 bridgehead atoms. The second-order valence-corrected chi connectivity index (χ2v) is 6.61. The Morgan fingerprint density at radius 2 is 2.04 bits per heavy atom. The lowest BCUT2D eigenvalue weighted by molar-refractivity contribution is -0.128. The summed E-state index contributed by atoms with van der Waals surface area (Å²) in [6, 6.07) is 0.497. The van der Waals surface area contributed by atoms with Gasteiger partial charge in [-0.1, -0.05) is 6.92 Å². The lowest BCUT2D eigenvalue weighted by atomic mass is 10.1. The van der Waals surface area contributed by atoms with Crippen molar-refractivity contribution in [1.82, 2.24) is 20.4 Å². The number of carbonyl (C=O) groups excluding carboxylic acids is 2. The van der Waals surface area contributed by atoms with Crippen molar-refractivity contribution in [3.8, 4) is 0 Å². The maximum atomic E-state index is 12.0. The van der Waals surface area contributed by atoms with E-state index < -0.39 is 0 Å². The third-order valence-corrected chi connectivity index (χ3v) is 4.20. The average Bonchev–Trinajstić information content (AvgIpc) is 3.29. The Morgan fingerprint density at radius 3 is 2.62 bits per heavy atom. The van der Waals surface area contributed by atoms with Crippen molar-refractivity contribution >= 4 is 41.8 Å². The van der Waals surface area contributed by atoms with Crippen molar-refractivity contribution in [2.45, 2.75) is 38.6 Å². The molecule has 2 N–H and O–H groups in total.